The maximum atomic E-state index is 13.1. The van der Waals surface area contributed by atoms with Crippen LogP contribution >= 0.6 is 11.6 Å². The standard InChI is InChI=1S/C27H28ClN3O4/c1-18(27(34)35-19(2)30-15-7-3-4-8-16-30)23-17-25(32)31(24-10-6-5-9-22(23)24)29-26(33)20-11-13-21(28)14-12-20/h5-7,9-15,17-19H,3-4,8,16H2,1-2H3,(H,29,33). The van der Waals surface area contributed by atoms with Gasteiger partial charge in [0.05, 0.1) is 11.4 Å². The number of esters is 1. The lowest BCUT2D eigenvalue weighted by Gasteiger charge is -2.28. The Morgan fingerprint density at radius 1 is 1.06 bits per heavy atom. The van der Waals surface area contributed by atoms with Gasteiger partial charge in [-0.15, -0.1) is 0 Å². The molecule has 8 heteroatoms. The Morgan fingerprint density at radius 2 is 1.80 bits per heavy atom. The van der Waals surface area contributed by atoms with E-state index in [-0.39, 0.29) is 0 Å². The molecule has 0 saturated carbocycles. The number of halogens is 1. The molecule has 2 aromatic carbocycles. The average molecular weight is 494 g/mol. The highest BCUT2D eigenvalue weighted by molar-refractivity contribution is 6.30. The Bertz CT molecular complexity index is 1320. The van der Waals surface area contributed by atoms with Crippen LogP contribution in [0.5, 0.6) is 0 Å². The van der Waals surface area contributed by atoms with Crippen LogP contribution < -0.4 is 11.0 Å². The molecular weight excluding hydrogens is 466 g/mol. The van der Waals surface area contributed by atoms with Crippen LogP contribution in [0.15, 0.2) is 71.7 Å². The first-order chi connectivity index (χ1) is 16.8. The van der Waals surface area contributed by atoms with Gasteiger partial charge in [0.25, 0.3) is 11.5 Å². The van der Waals surface area contributed by atoms with Gasteiger partial charge >= 0.3 is 5.97 Å². The predicted octanol–water partition coefficient (Wildman–Crippen LogP) is 5.03. The van der Waals surface area contributed by atoms with Gasteiger partial charge in [-0.05, 0) is 75.2 Å². The van der Waals surface area contributed by atoms with Crippen molar-refractivity contribution in [3.63, 3.8) is 0 Å². The molecule has 7 nitrogen and oxygen atoms in total. The van der Waals surface area contributed by atoms with Gasteiger partial charge in [-0.3, -0.25) is 19.8 Å². The molecule has 4 rings (SSSR count). The van der Waals surface area contributed by atoms with E-state index in [2.05, 4.69) is 11.5 Å². The minimum absolute atomic E-state index is 0.364. The molecule has 35 heavy (non-hydrogen) atoms. The summed E-state index contributed by atoms with van der Waals surface area (Å²) in [4.78, 5) is 40.9. The summed E-state index contributed by atoms with van der Waals surface area (Å²) in [7, 11) is 0. The molecule has 0 aliphatic carbocycles. The first kappa shape index (κ1) is 24.5. The molecule has 0 fully saturated rings. The van der Waals surface area contributed by atoms with E-state index in [0.717, 1.165) is 25.8 Å². The normalized spacial score (nSPS) is 15.3. The van der Waals surface area contributed by atoms with Gasteiger partial charge in [-0.2, -0.15) is 0 Å². The largest absolute Gasteiger partial charge is 0.441 e. The average Bonchev–Trinajstić information content (AvgIpc) is 3.15. The molecule has 1 aromatic heterocycles. The van der Waals surface area contributed by atoms with Crippen LogP contribution in [0.1, 0.15) is 54.9 Å². The fraction of sp³-hybridized carbons (Fsp3) is 0.296. The van der Waals surface area contributed by atoms with E-state index in [9.17, 15) is 14.4 Å². The van der Waals surface area contributed by atoms with E-state index in [4.69, 9.17) is 16.3 Å². The van der Waals surface area contributed by atoms with E-state index in [1.807, 2.05) is 30.2 Å². The van der Waals surface area contributed by atoms with Crippen molar-refractivity contribution < 1.29 is 14.3 Å². The lowest BCUT2D eigenvalue weighted by molar-refractivity contribution is -0.156. The molecule has 0 spiro atoms. The molecule has 1 N–H and O–H groups in total. The molecule has 182 valence electrons. The third-order valence-corrected chi connectivity index (χ3v) is 6.43. The van der Waals surface area contributed by atoms with Crippen LogP contribution in [0.4, 0.5) is 0 Å². The molecule has 0 radical (unpaired) electrons. The van der Waals surface area contributed by atoms with Crippen LogP contribution in [0.25, 0.3) is 10.9 Å². The van der Waals surface area contributed by atoms with Crippen molar-refractivity contribution in [2.45, 2.75) is 45.3 Å². The number of nitrogens with zero attached hydrogens (tertiary/aromatic N) is 2. The number of benzene rings is 2. The zero-order chi connectivity index (χ0) is 24.9. The van der Waals surface area contributed by atoms with E-state index in [1.54, 1.807) is 43.3 Å². The number of aromatic nitrogens is 1. The van der Waals surface area contributed by atoms with Crippen molar-refractivity contribution in [1.29, 1.82) is 0 Å². The lowest BCUT2D eigenvalue weighted by atomic mass is 9.97. The molecular formula is C27H28ClN3O4. The minimum atomic E-state index is -0.673. The molecule has 0 bridgehead atoms. The summed E-state index contributed by atoms with van der Waals surface area (Å²) in [6.45, 7) is 4.40. The van der Waals surface area contributed by atoms with Crippen LogP contribution in [0.3, 0.4) is 0 Å². The Kier molecular flexibility index (Phi) is 7.56. The number of nitrogens with one attached hydrogen (secondary N) is 1. The van der Waals surface area contributed by atoms with E-state index in [1.165, 1.54) is 10.7 Å². The number of ether oxygens (including phenoxy) is 1. The van der Waals surface area contributed by atoms with Crippen molar-refractivity contribution in [2.75, 3.05) is 12.0 Å². The number of carbonyl (C=O) groups is 2. The lowest BCUT2D eigenvalue weighted by Crippen LogP contribution is -2.35. The quantitative estimate of drug-likeness (QED) is 0.487. The summed E-state index contributed by atoms with van der Waals surface area (Å²) in [5.74, 6) is -1.54. The van der Waals surface area contributed by atoms with Crippen LogP contribution in [0.2, 0.25) is 5.02 Å². The SMILES string of the molecule is CC(C(=O)OC(C)N1C=CCCCC1)c1cc(=O)n(NC(=O)c2ccc(Cl)cc2)c2ccccc12. The predicted molar refractivity (Wildman–Crippen MR) is 137 cm³/mol. The summed E-state index contributed by atoms with van der Waals surface area (Å²) in [5.41, 5.74) is 3.60. The number of para-hydroxylation sites is 1. The Labute approximate surface area is 208 Å². The highest BCUT2D eigenvalue weighted by atomic mass is 35.5. The van der Waals surface area contributed by atoms with Gasteiger partial charge < -0.3 is 9.64 Å². The number of pyridine rings is 1. The highest BCUT2D eigenvalue weighted by Crippen LogP contribution is 2.26. The highest BCUT2D eigenvalue weighted by Gasteiger charge is 2.25. The second-order valence-electron chi connectivity index (χ2n) is 8.61. The van der Waals surface area contributed by atoms with Gasteiger partial charge in [0.1, 0.15) is 0 Å². The number of hydrogen-bond donors (Lipinski definition) is 1. The van der Waals surface area contributed by atoms with Crippen LogP contribution in [-0.4, -0.2) is 34.2 Å². The first-order valence-corrected chi connectivity index (χ1v) is 12.1. The van der Waals surface area contributed by atoms with Crippen molar-refractivity contribution >= 4 is 34.4 Å². The molecule has 1 amide bonds. The van der Waals surface area contributed by atoms with E-state index < -0.39 is 29.6 Å². The van der Waals surface area contributed by atoms with Gasteiger partial charge in [-0.1, -0.05) is 35.9 Å². The van der Waals surface area contributed by atoms with E-state index in [0.29, 0.717) is 27.1 Å². The first-order valence-electron chi connectivity index (χ1n) is 11.7. The van der Waals surface area contributed by atoms with E-state index >= 15 is 0 Å². The van der Waals surface area contributed by atoms with Gasteiger partial charge in [0.2, 0.25) is 0 Å². The third-order valence-electron chi connectivity index (χ3n) is 6.18. The maximum Gasteiger partial charge on any atom is 0.315 e. The second kappa shape index (κ2) is 10.8. The summed E-state index contributed by atoms with van der Waals surface area (Å²) in [6.07, 6.45) is 6.83. The zero-order valence-electron chi connectivity index (χ0n) is 19.7. The number of carbonyl (C=O) groups excluding carboxylic acids is 2. The Balaban J connectivity index is 1.60. The van der Waals surface area contributed by atoms with Crippen molar-refractivity contribution in [3.05, 3.63) is 93.4 Å². The number of amides is 1. The number of hydrogen-bond acceptors (Lipinski definition) is 5. The number of allylic oxidation sites excluding steroid dienone is 1. The van der Waals surface area contributed by atoms with Crippen LogP contribution in [0, 0.1) is 0 Å². The molecule has 0 saturated heterocycles. The number of fused-ring (bicyclic) bond motifs is 1. The van der Waals surface area contributed by atoms with Gasteiger partial charge in [-0.25, -0.2) is 4.68 Å². The second-order valence-corrected chi connectivity index (χ2v) is 9.05. The topological polar surface area (TPSA) is 80.6 Å². The molecule has 2 atom stereocenters. The van der Waals surface area contributed by atoms with Gasteiger partial charge in [0, 0.05) is 28.6 Å². The molecule has 3 aromatic rings. The maximum absolute atomic E-state index is 13.1. The summed E-state index contributed by atoms with van der Waals surface area (Å²) in [5, 5.41) is 1.19. The molecule has 2 unspecified atom stereocenters. The smallest absolute Gasteiger partial charge is 0.315 e. The number of rotatable bonds is 6. The molecule has 1 aliphatic rings. The van der Waals surface area contributed by atoms with Crippen molar-refractivity contribution in [3.8, 4) is 0 Å². The third kappa shape index (κ3) is 5.57. The minimum Gasteiger partial charge on any atom is -0.441 e. The Hall–Kier alpha value is -3.58. The summed E-state index contributed by atoms with van der Waals surface area (Å²) < 4.78 is 6.95. The van der Waals surface area contributed by atoms with Crippen LogP contribution in [-0.2, 0) is 9.53 Å². The monoisotopic (exact) mass is 493 g/mol. The van der Waals surface area contributed by atoms with Crippen molar-refractivity contribution in [1.82, 2.24) is 9.58 Å². The summed E-state index contributed by atoms with van der Waals surface area (Å²) >= 11 is 5.90. The van der Waals surface area contributed by atoms with Crippen molar-refractivity contribution in [2.24, 2.45) is 0 Å². The molecule has 1 aliphatic heterocycles. The fourth-order valence-corrected chi connectivity index (χ4v) is 4.28. The fourth-order valence-electron chi connectivity index (χ4n) is 4.16. The zero-order valence-corrected chi connectivity index (χ0v) is 20.5. The summed E-state index contributed by atoms with van der Waals surface area (Å²) in [6, 6.07) is 14.9. The Morgan fingerprint density at radius 3 is 2.57 bits per heavy atom. The molecule has 2 heterocycles. The van der Waals surface area contributed by atoms with Gasteiger partial charge in [0.15, 0.2) is 6.23 Å².